The highest BCUT2D eigenvalue weighted by atomic mass is 32.2. The van der Waals surface area contributed by atoms with Gasteiger partial charge < -0.3 is 4.74 Å². The zero-order valence-electron chi connectivity index (χ0n) is 12.9. The zero-order chi connectivity index (χ0) is 17.2. The van der Waals surface area contributed by atoms with Gasteiger partial charge >= 0.3 is 6.09 Å². The number of hydrogen-bond acceptors (Lipinski definition) is 4. The lowest BCUT2D eigenvalue weighted by Gasteiger charge is -2.12. The van der Waals surface area contributed by atoms with Crippen LogP contribution in [0.25, 0.3) is 0 Å². The van der Waals surface area contributed by atoms with Gasteiger partial charge in [0, 0.05) is 0 Å². The van der Waals surface area contributed by atoms with E-state index in [0.717, 1.165) is 36.0 Å². The summed E-state index contributed by atoms with van der Waals surface area (Å²) in [6.07, 6.45) is 1.72. The first kappa shape index (κ1) is 16.5. The van der Waals surface area contributed by atoms with Gasteiger partial charge in [0.05, 0.1) is 5.69 Å². The quantitative estimate of drug-likeness (QED) is 0.829. The van der Waals surface area contributed by atoms with Crippen LogP contribution in [-0.4, -0.2) is 19.1 Å². The number of amides is 1. The van der Waals surface area contributed by atoms with Crippen molar-refractivity contribution in [3.8, 4) is 0 Å². The van der Waals surface area contributed by atoms with Gasteiger partial charge in [-0.3, -0.25) is 9.87 Å². The van der Waals surface area contributed by atoms with Crippen molar-refractivity contribution in [2.24, 2.45) is 0 Å². The highest BCUT2D eigenvalue weighted by molar-refractivity contribution is 7.86. The summed E-state index contributed by atoms with van der Waals surface area (Å²) in [5.41, 5.74) is 2.71. The third-order valence-corrected chi connectivity index (χ3v) is 4.82. The second-order valence-corrected chi connectivity index (χ2v) is 7.02. The van der Waals surface area contributed by atoms with E-state index < -0.39 is 16.2 Å². The zero-order valence-corrected chi connectivity index (χ0v) is 13.7. The van der Waals surface area contributed by atoms with Crippen molar-refractivity contribution >= 4 is 21.9 Å². The molecule has 1 aliphatic rings. The molecule has 2 aromatic carbocycles. The molecule has 0 saturated heterocycles. The summed E-state index contributed by atoms with van der Waals surface area (Å²) in [6, 6.07) is 12.1. The Morgan fingerprint density at radius 3 is 2.46 bits per heavy atom. The Morgan fingerprint density at radius 2 is 1.79 bits per heavy atom. The molecule has 0 fully saturated rings. The topological polar surface area (TPSA) is 92.7 Å². The number of carbonyl (C=O) groups is 1. The minimum Gasteiger partial charge on any atom is -0.444 e. The van der Waals surface area contributed by atoms with Crippen LogP contribution in [0.5, 0.6) is 0 Å². The predicted molar refractivity (Wildman–Crippen MR) is 88.5 cm³/mol. The Labute approximate surface area is 140 Å². The summed E-state index contributed by atoms with van der Waals surface area (Å²) in [5.74, 6) is 0. The van der Waals surface area contributed by atoms with E-state index in [2.05, 4.69) is 5.32 Å². The molecule has 0 radical (unpaired) electrons. The number of hydrogen-bond donors (Lipinski definition) is 2. The first-order valence-corrected chi connectivity index (χ1v) is 8.98. The van der Waals surface area contributed by atoms with E-state index >= 15 is 0 Å². The van der Waals surface area contributed by atoms with E-state index in [-0.39, 0.29) is 17.2 Å². The average Bonchev–Trinajstić information content (AvgIpc) is 2.99. The van der Waals surface area contributed by atoms with Crippen LogP contribution >= 0.6 is 0 Å². The molecule has 0 aliphatic heterocycles. The predicted octanol–water partition coefficient (Wildman–Crippen LogP) is 3.17. The highest BCUT2D eigenvalue weighted by Gasteiger charge is 2.22. The summed E-state index contributed by atoms with van der Waals surface area (Å²) in [5, 5.41) is 2.42. The first-order valence-electron chi connectivity index (χ1n) is 7.54. The largest absolute Gasteiger partial charge is 0.444 e. The van der Waals surface area contributed by atoms with Crippen molar-refractivity contribution in [3.05, 3.63) is 59.2 Å². The molecule has 3 rings (SSSR count). The maximum Gasteiger partial charge on any atom is 0.411 e. The molecule has 0 atom stereocenters. The van der Waals surface area contributed by atoms with E-state index in [1.54, 1.807) is 6.07 Å². The molecule has 1 aliphatic carbocycles. The Kier molecular flexibility index (Phi) is 4.55. The number of rotatable bonds is 4. The number of benzene rings is 2. The lowest BCUT2D eigenvalue weighted by atomic mass is 10.1. The fourth-order valence-electron chi connectivity index (χ4n) is 2.78. The van der Waals surface area contributed by atoms with Gasteiger partial charge in [-0.25, -0.2) is 4.79 Å². The van der Waals surface area contributed by atoms with Crippen LogP contribution in [0.4, 0.5) is 10.5 Å². The van der Waals surface area contributed by atoms with Crippen LogP contribution in [0.15, 0.2) is 47.4 Å². The molecule has 126 valence electrons. The number of anilines is 1. The van der Waals surface area contributed by atoms with Crippen molar-refractivity contribution in [1.82, 2.24) is 0 Å². The molecule has 24 heavy (non-hydrogen) atoms. The maximum absolute atomic E-state index is 12.0. The maximum atomic E-state index is 12.0. The number of carbonyl (C=O) groups excluding carboxylic acids is 1. The second-order valence-electron chi connectivity index (χ2n) is 5.63. The van der Waals surface area contributed by atoms with Crippen molar-refractivity contribution in [2.45, 2.75) is 30.8 Å². The molecule has 0 heterocycles. The summed E-state index contributed by atoms with van der Waals surface area (Å²) in [4.78, 5) is 11.6. The van der Waals surface area contributed by atoms with Gasteiger partial charge in [0.1, 0.15) is 11.5 Å². The number of fused-ring (bicyclic) bond motifs is 1. The van der Waals surface area contributed by atoms with Crippen LogP contribution in [0.2, 0.25) is 0 Å². The molecule has 1 amide bonds. The second kappa shape index (κ2) is 6.62. The third kappa shape index (κ3) is 3.74. The van der Waals surface area contributed by atoms with Crippen molar-refractivity contribution in [1.29, 1.82) is 0 Å². The van der Waals surface area contributed by atoms with E-state index in [4.69, 9.17) is 4.74 Å². The van der Waals surface area contributed by atoms with Gasteiger partial charge in [0.2, 0.25) is 0 Å². The van der Waals surface area contributed by atoms with E-state index in [9.17, 15) is 17.8 Å². The lowest BCUT2D eigenvalue weighted by molar-refractivity contribution is 0.155. The van der Waals surface area contributed by atoms with Gasteiger partial charge in [-0.2, -0.15) is 8.42 Å². The monoisotopic (exact) mass is 347 g/mol. The summed E-state index contributed by atoms with van der Waals surface area (Å²) >= 11 is 0. The molecule has 0 saturated carbocycles. The number of ether oxygens (including phenoxy) is 1. The lowest BCUT2D eigenvalue weighted by Crippen LogP contribution is -2.16. The van der Waals surface area contributed by atoms with Gasteiger partial charge in [0.25, 0.3) is 10.1 Å². The standard InChI is InChI=1S/C17H17NO5S/c19-17(23-11-12-5-2-1-3-6-12)18-15-9-13-7-4-8-14(13)10-16(15)24(20,21)22/h1-3,5-6,9-10H,4,7-8,11H2,(H,18,19)(H,20,21,22). The molecule has 2 N–H and O–H groups in total. The molecule has 0 unspecified atom stereocenters. The van der Waals surface area contributed by atoms with E-state index in [1.807, 2.05) is 30.3 Å². The smallest absolute Gasteiger partial charge is 0.411 e. The molecule has 6 nitrogen and oxygen atoms in total. The number of aryl methyl sites for hydroxylation is 2. The van der Waals surface area contributed by atoms with Crippen molar-refractivity contribution in [3.63, 3.8) is 0 Å². The number of nitrogens with one attached hydrogen (secondary N) is 1. The SMILES string of the molecule is O=C(Nc1cc2c(cc1S(=O)(=O)O)CCC2)OCc1ccccc1. The van der Waals surface area contributed by atoms with Crippen molar-refractivity contribution < 1.29 is 22.5 Å². The fourth-order valence-corrected chi connectivity index (χ4v) is 3.46. The molecule has 2 aromatic rings. The third-order valence-electron chi connectivity index (χ3n) is 3.92. The molecule has 0 bridgehead atoms. The Morgan fingerprint density at radius 1 is 1.12 bits per heavy atom. The summed E-state index contributed by atoms with van der Waals surface area (Å²) in [7, 11) is -4.44. The van der Waals surface area contributed by atoms with Gasteiger partial charge in [0.15, 0.2) is 0 Å². The molecule has 0 spiro atoms. The molecule has 7 heteroatoms. The van der Waals surface area contributed by atoms with E-state index in [1.165, 1.54) is 6.07 Å². The van der Waals surface area contributed by atoms with Crippen LogP contribution in [0.1, 0.15) is 23.1 Å². The van der Waals surface area contributed by atoms with Gasteiger partial charge in [-0.1, -0.05) is 30.3 Å². The summed E-state index contributed by atoms with van der Waals surface area (Å²) < 4.78 is 37.7. The Balaban J connectivity index is 1.77. The van der Waals surface area contributed by atoms with Crippen LogP contribution in [0.3, 0.4) is 0 Å². The minimum atomic E-state index is -4.44. The fraction of sp³-hybridized carbons (Fsp3) is 0.235. The van der Waals surface area contributed by atoms with Crippen LogP contribution < -0.4 is 5.32 Å². The average molecular weight is 347 g/mol. The van der Waals surface area contributed by atoms with Crippen LogP contribution in [-0.2, 0) is 34.3 Å². The highest BCUT2D eigenvalue weighted by Crippen LogP contribution is 2.31. The molecular formula is C17H17NO5S. The van der Waals surface area contributed by atoms with Gasteiger partial charge in [-0.05, 0) is 48.1 Å². The molecular weight excluding hydrogens is 330 g/mol. The molecule has 0 aromatic heterocycles. The van der Waals surface area contributed by atoms with Crippen LogP contribution in [0, 0.1) is 0 Å². The Hall–Kier alpha value is -2.38. The summed E-state index contributed by atoms with van der Waals surface area (Å²) in [6.45, 7) is 0.0683. The van der Waals surface area contributed by atoms with E-state index in [0.29, 0.717) is 0 Å². The normalized spacial score (nSPS) is 13.4. The first-order chi connectivity index (χ1) is 11.4. The van der Waals surface area contributed by atoms with Gasteiger partial charge in [-0.15, -0.1) is 0 Å². The van der Waals surface area contributed by atoms with Crippen molar-refractivity contribution in [2.75, 3.05) is 5.32 Å². The minimum absolute atomic E-state index is 0.0382. The Bertz CT molecular complexity index is 862.